The van der Waals surface area contributed by atoms with Crippen LogP contribution in [-0.4, -0.2) is 20.7 Å². The van der Waals surface area contributed by atoms with Gasteiger partial charge in [-0.15, -0.1) is 0 Å². The van der Waals surface area contributed by atoms with Crippen LogP contribution in [0.3, 0.4) is 0 Å². The minimum Gasteiger partial charge on any atom is -0.323 e. The minimum atomic E-state index is 0.000547. The quantitative estimate of drug-likeness (QED) is 0.720. The van der Waals surface area contributed by atoms with Gasteiger partial charge in [0.15, 0.2) is 0 Å². The Bertz CT molecular complexity index is 587. The molecule has 2 aromatic heterocycles. The summed E-state index contributed by atoms with van der Waals surface area (Å²) in [7, 11) is 0. The van der Waals surface area contributed by atoms with E-state index in [1.54, 1.807) is 0 Å². The number of hydrogen-bond acceptors (Lipinski definition) is 5. The highest BCUT2D eigenvalue weighted by Crippen LogP contribution is 2.40. The standard InChI is InChI=1S/C12H16N6/c13-11-5-8(16-17-11)12-15-9-6-14-4-3-10(9)18(12)7-1-2-7/h3-4,6-8,11,16-17H,1-2,5,13H2. The molecule has 1 aliphatic heterocycles. The molecule has 3 heterocycles. The lowest BCUT2D eigenvalue weighted by molar-refractivity contribution is 0.519. The maximum absolute atomic E-state index is 5.88. The van der Waals surface area contributed by atoms with E-state index in [2.05, 4.69) is 20.4 Å². The minimum absolute atomic E-state index is 0.000547. The summed E-state index contributed by atoms with van der Waals surface area (Å²) in [5.41, 5.74) is 14.3. The van der Waals surface area contributed by atoms with Crippen molar-refractivity contribution in [2.75, 3.05) is 0 Å². The van der Waals surface area contributed by atoms with Crippen LogP contribution in [0, 0.1) is 0 Å². The van der Waals surface area contributed by atoms with Crippen LogP contribution >= 0.6 is 0 Å². The summed E-state index contributed by atoms with van der Waals surface area (Å²) >= 11 is 0. The molecule has 18 heavy (non-hydrogen) atoms. The summed E-state index contributed by atoms with van der Waals surface area (Å²) < 4.78 is 2.36. The second-order valence-electron chi connectivity index (χ2n) is 5.12. The lowest BCUT2D eigenvalue weighted by atomic mass is 10.2. The van der Waals surface area contributed by atoms with Gasteiger partial charge >= 0.3 is 0 Å². The second kappa shape index (κ2) is 3.74. The Morgan fingerprint density at radius 3 is 2.94 bits per heavy atom. The molecule has 0 amide bonds. The third-order valence-corrected chi connectivity index (χ3v) is 3.68. The number of nitrogens with two attached hydrogens (primary N) is 1. The van der Waals surface area contributed by atoms with Gasteiger partial charge in [-0.3, -0.25) is 4.98 Å². The Morgan fingerprint density at radius 1 is 1.33 bits per heavy atom. The fourth-order valence-corrected chi connectivity index (χ4v) is 2.68. The fourth-order valence-electron chi connectivity index (χ4n) is 2.68. The van der Waals surface area contributed by atoms with E-state index in [1.165, 1.54) is 18.4 Å². The molecular weight excluding hydrogens is 228 g/mol. The number of imidazole rings is 1. The first-order valence-electron chi connectivity index (χ1n) is 6.41. The van der Waals surface area contributed by atoms with E-state index in [-0.39, 0.29) is 12.2 Å². The van der Waals surface area contributed by atoms with Crippen LogP contribution in [0.25, 0.3) is 11.0 Å². The highest BCUT2D eigenvalue weighted by atomic mass is 15.5. The summed E-state index contributed by atoms with van der Waals surface area (Å²) in [6, 6.07) is 2.84. The van der Waals surface area contributed by atoms with E-state index in [4.69, 9.17) is 10.7 Å². The van der Waals surface area contributed by atoms with Crippen LogP contribution in [0.5, 0.6) is 0 Å². The first kappa shape index (κ1) is 10.4. The largest absolute Gasteiger partial charge is 0.323 e. The number of fused-ring (bicyclic) bond motifs is 1. The number of hydrazine groups is 1. The molecule has 0 bridgehead atoms. The maximum atomic E-state index is 5.88. The molecule has 4 rings (SSSR count). The fraction of sp³-hybridized carbons (Fsp3) is 0.500. The van der Waals surface area contributed by atoms with Crippen LogP contribution < -0.4 is 16.6 Å². The summed E-state index contributed by atoms with van der Waals surface area (Å²) in [5.74, 6) is 1.08. The first-order chi connectivity index (χ1) is 8.83. The van der Waals surface area contributed by atoms with E-state index < -0.39 is 0 Å². The Morgan fingerprint density at radius 2 is 2.22 bits per heavy atom. The average molecular weight is 244 g/mol. The third kappa shape index (κ3) is 1.53. The zero-order valence-electron chi connectivity index (χ0n) is 10.0. The zero-order chi connectivity index (χ0) is 12.1. The van der Waals surface area contributed by atoms with Crippen LogP contribution in [0.15, 0.2) is 18.5 Å². The van der Waals surface area contributed by atoms with Gasteiger partial charge in [-0.05, 0) is 18.9 Å². The van der Waals surface area contributed by atoms with Gasteiger partial charge in [0.25, 0.3) is 0 Å². The Labute approximate surface area is 105 Å². The molecule has 6 nitrogen and oxygen atoms in total. The average Bonchev–Trinajstić information content (AvgIpc) is 3.00. The molecule has 2 atom stereocenters. The normalized spacial score (nSPS) is 28.1. The van der Waals surface area contributed by atoms with Gasteiger partial charge in [-0.2, -0.15) is 0 Å². The summed E-state index contributed by atoms with van der Waals surface area (Å²) in [6.45, 7) is 0. The molecule has 6 heteroatoms. The van der Waals surface area contributed by atoms with Crippen LogP contribution in [0.2, 0.25) is 0 Å². The van der Waals surface area contributed by atoms with E-state index in [0.717, 1.165) is 17.8 Å². The van der Waals surface area contributed by atoms with Crippen LogP contribution in [0.1, 0.15) is 37.2 Å². The molecule has 1 saturated heterocycles. The summed E-state index contributed by atoms with van der Waals surface area (Å²) in [6.07, 6.45) is 7.02. The van der Waals surface area contributed by atoms with Gasteiger partial charge in [-0.25, -0.2) is 15.8 Å². The Balaban J connectivity index is 1.85. The highest BCUT2D eigenvalue weighted by Gasteiger charge is 2.33. The SMILES string of the molecule is NC1CC(c2nc3cnccc3n2C2CC2)NN1. The van der Waals surface area contributed by atoms with Gasteiger partial charge < -0.3 is 10.3 Å². The molecule has 1 saturated carbocycles. The summed E-state index contributed by atoms with van der Waals surface area (Å²) in [5, 5.41) is 0. The van der Waals surface area contributed by atoms with Gasteiger partial charge in [0.05, 0.1) is 23.9 Å². The van der Waals surface area contributed by atoms with Crippen molar-refractivity contribution in [2.45, 2.75) is 37.5 Å². The van der Waals surface area contributed by atoms with Crippen molar-refractivity contribution in [1.29, 1.82) is 0 Å². The van der Waals surface area contributed by atoms with Crippen molar-refractivity contribution in [3.8, 4) is 0 Å². The van der Waals surface area contributed by atoms with Gasteiger partial charge in [0.2, 0.25) is 0 Å². The van der Waals surface area contributed by atoms with Crippen LogP contribution in [-0.2, 0) is 0 Å². The van der Waals surface area contributed by atoms with E-state index in [0.29, 0.717) is 6.04 Å². The third-order valence-electron chi connectivity index (χ3n) is 3.68. The topological polar surface area (TPSA) is 80.8 Å². The molecule has 0 radical (unpaired) electrons. The predicted molar refractivity (Wildman–Crippen MR) is 67.4 cm³/mol. The summed E-state index contributed by atoms with van der Waals surface area (Å²) in [4.78, 5) is 8.88. The Hall–Kier alpha value is -1.50. The number of rotatable bonds is 2. The lowest BCUT2D eigenvalue weighted by Gasteiger charge is -2.12. The van der Waals surface area contributed by atoms with Crippen molar-refractivity contribution >= 4 is 11.0 Å². The Kier molecular flexibility index (Phi) is 2.17. The van der Waals surface area contributed by atoms with Crippen LogP contribution in [0.4, 0.5) is 0 Å². The van der Waals surface area contributed by atoms with E-state index in [9.17, 15) is 0 Å². The molecule has 94 valence electrons. The molecule has 0 aromatic carbocycles. The van der Waals surface area contributed by atoms with Crippen molar-refractivity contribution in [1.82, 2.24) is 25.4 Å². The number of aromatic nitrogens is 3. The number of nitrogens with zero attached hydrogens (tertiary/aromatic N) is 3. The van der Waals surface area contributed by atoms with Gasteiger partial charge in [0.1, 0.15) is 11.3 Å². The molecule has 0 spiro atoms. The monoisotopic (exact) mass is 244 g/mol. The zero-order valence-corrected chi connectivity index (χ0v) is 10.0. The molecule has 2 unspecified atom stereocenters. The molecular formula is C12H16N6. The maximum Gasteiger partial charge on any atom is 0.128 e. The lowest BCUT2D eigenvalue weighted by Crippen LogP contribution is -2.36. The van der Waals surface area contributed by atoms with Crippen molar-refractivity contribution in [2.24, 2.45) is 5.73 Å². The molecule has 2 aromatic rings. The number of pyridine rings is 1. The predicted octanol–water partition coefficient (Wildman–Crippen LogP) is 0.590. The molecule has 1 aliphatic carbocycles. The van der Waals surface area contributed by atoms with E-state index >= 15 is 0 Å². The number of nitrogens with one attached hydrogen (secondary N) is 2. The molecule has 2 fully saturated rings. The number of hydrogen-bond donors (Lipinski definition) is 3. The first-order valence-corrected chi connectivity index (χ1v) is 6.41. The van der Waals surface area contributed by atoms with Gasteiger partial charge in [-0.1, -0.05) is 0 Å². The second-order valence-corrected chi connectivity index (χ2v) is 5.12. The smallest absolute Gasteiger partial charge is 0.128 e. The van der Waals surface area contributed by atoms with Crippen molar-refractivity contribution in [3.63, 3.8) is 0 Å². The van der Waals surface area contributed by atoms with E-state index in [1.807, 2.05) is 18.5 Å². The molecule has 2 aliphatic rings. The highest BCUT2D eigenvalue weighted by molar-refractivity contribution is 5.75. The van der Waals surface area contributed by atoms with Crippen molar-refractivity contribution in [3.05, 3.63) is 24.3 Å². The van der Waals surface area contributed by atoms with Crippen molar-refractivity contribution < 1.29 is 0 Å². The molecule has 4 N–H and O–H groups in total. The van der Waals surface area contributed by atoms with Gasteiger partial charge in [0, 0.05) is 18.7 Å².